The first-order valence-corrected chi connectivity index (χ1v) is 7.10. The summed E-state index contributed by atoms with van der Waals surface area (Å²) in [5, 5.41) is 10.5. The average molecular weight is 297 g/mol. The topological polar surface area (TPSA) is 72.1 Å². The fraction of sp³-hybridized carbons (Fsp3) is 0.333. The van der Waals surface area contributed by atoms with Crippen LogP contribution in [0.5, 0.6) is 5.75 Å². The van der Waals surface area contributed by atoms with Gasteiger partial charge in [0.15, 0.2) is 6.29 Å². The summed E-state index contributed by atoms with van der Waals surface area (Å²) in [7, 11) is 1.65. The summed E-state index contributed by atoms with van der Waals surface area (Å²) < 4.78 is 7.32. The van der Waals surface area contributed by atoms with Gasteiger partial charge in [0.25, 0.3) is 0 Å². The van der Waals surface area contributed by atoms with E-state index < -0.39 is 0 Å². The van der Waals surface area contributed by atoms with E-state index in [0.717, 1.165) is 29.0 Å². The molecule has 0 fully saturated rings. The zero-order chi connectivity index (χ0) is 15.3. The Kier molecular flexibility index (Phi) is 2.75. The molecule has 0 radical (unpaired) electrons. The second-order valence-corrected chi connectivity index (χ2v) is 5.48. The van der Waals surface area contributed by atoms with Gasteiger partial charge in [0.2, 0.25) is 0 Å². The molecule has 4 rings (SSSR count). The molecule has 7 nitrogen and oxygen atoms in total. The minimum atomic E-state index is 0.0319. The monoisotopic (exact) mass is 297 g/mol. The molecule has 2 unspecified atom stereocenters. The highest BCUT2D eigenvalue weighted by atomic mass is 16.5. The molecule has 7 heteroatoms. The van der Waals surface area contributed by atoms with E-state index in [-0.39, 0.29) is 12.1 Å². The zero-order valence-corrected chi connectivity index (χ0v) is 12.3. The molecular formula is C15H15N5O2. The number of ether oxygens (including phenoxy) is 1. The van der Waals surface area contributed by atoms with Crippen LogP contribution in [0.3, 0.4) is 0 Å². The Morgan fingerprint density at radius 3 is 3.05 bits per heavy atom. The Balaban J connectivity index is 1.98. The lowest BCUT2D eigenvalue weighted by molar-refractivity contribution is 0.111. The molecule has 2 atom stereocenters. The lowest BCUT2D eigenvalue weighted by Gasteiger charge is -2.23. The first-order chi connectivity index (χ1) is 10.7. The van der Waals surface area contributed by atoms with Crippen molar-refractivity contribution in [1.82, 2.24) is 14.6 Å². The number of carbonyl (C=O) groups excluding carboxylic acids is 1. The smallest absolute Gasteiger partial charge is 0.170 e. The van der Waals surface area contributed by atoms with Gasteiger partial charge in [-0.15, -0.1) is 0 Å². The third kappa shape index (κ3) is 1.68. The lowest BCUT2D eigenvalue weighted by Crippen LogP contribution is -2.24. The molecule has 2 aliphatic heterocycles. The number of carbonyl (C=O) groups is 1. The number of rotatable bonds is 2. The van der Waals surface area contributed by atoms with Crippen molar-refractivity contribution in [2.45, 2.75) is 25.6 Å². The summed E-state index contributed by atoms with van der Waals surface area (Å²) in [5.41, 5.74) is 3.34. The summed E-state index contributed by atoms with van der Waals surface area (Å²) in [6.07, 6.45) is 2.47. The van der Waals surface area contributed by atoms with E-state index in [1.165, 1.54) is 0 Å². The van der Waals surface area contributed by atoms with Crippen molar-refractivity contribution in [1.29, 1.82) is 0 Å². The summed E-state index contributed by atoms with van der Waals surface area (Å²) in [4.78, 5) is 15.4. The number of aromatic nitrogens is 2. The van der Waals surface area contributed by atoms with Gasteiger partial charge in [-0.1, -0.05) is 5.22 Å². The van der Waals surface area contributed by atoms with E-state index in [1.807, 2.05) is 34.7 Å². The molecule has 2 aromatic rings. The SMILES string of the molecule is COc1ccc2c(c1)C1C(C)N=NN1Cc1c(C=O)ncn1-2. The second kappa shape index (κ2) is 4.66. The predicted molar refractivity (Wildman–Crippen MR) is 78.1 cm³/mol. The van der Waals surface area contributed by atoms with Crippen molar-refractivity contribution >= 4 is 6.29 Å². The normalized spacial score (nSPS) is 21.8. The van der Waals surface area contributed by atoms with Crippen molar-refractivity contribution < 1.29 is 9.53 Å². The number of aldehydes is 1. The van der Waals surface area contributed by atoms with E-state index >= 15 is 0 Å². The molecule has 0 N–H and O–H groups in total. The standard InChI is InChI=1S/C15H15N5O2/c1-9-15-11-5-10(22-2)3-4-13(11)19-8-16-12(7-21)14(19)6-20(15)18-17-9/h3-5,7-9,15H,6H2,1-2H3. The van der Waals surface area contributed by atoms with Gasteiger partial charge in [-0.3, -0.25) is 9.80 Å². The largest absolute Gasteiger partial charge is 0.497 e. The van der Waals surface area contributed by atoms with Crippen LogP contribution in [-0.2, 0) is 6.54 Å². The van der Waals surface area contributed by atoms with E-state index in [9.17, 15) is 4.79 Å². The fourth-order valence-electron chi connectivity index (χ4n) is 3.19. The Morgan fingerprint density at radius 1 is 1.41 bits per heavy atom. The molecule has 1 aromatic heterocycles. The van der Waals surface area contributed by atoms with Crippen molar-refractivity contribution in [3.05, 3.63) is 41.5 Å². The second-order valence-electron chi connectivity index (χ2n) is 5.48. The minimum absolute atomic E-state index is 0.0319. The van der Waals surface area contributed by atoms with Crippen molar-refractivity contribution in [2.24, 2.45) is 10.3 Å². The average Bonchev–Trinajstić information content (AvgIpc) is 3.07. The molecule has 0 bridgehead atoms. The summed E-state index contributed by atoms with van der Waals surface area (Å²) in [6.45, 7) is 2.54. The number of imidazole rings is 1. The Bertz CT molecular complexity index is 782. The number of nitrogens with zero attached hydrogens (tertiary/aromatic N) is 5. The van der Waals surface area contributed by atoms with E-state index in [4.69, 9.17) is 4.74 Å². The Labute approximate surface area is 127 Å². The number of hydrogen-bond donors (Lipinski definition) is 0. The van der Waals surface area contributed by atoms with Crippen LogP contribution >= 0.6 is 0 Å². The minimum Gasteiger partial charge on any atom is -0.497 e. The molecule has 112 valence electrons. The number of fused-ring (bicyclic) bond motifs is 5. The first kappa shape index (κ1) is 13.0. The molecule has 0 aliphatic carbocycles. The quantitative estimate of drug-likeness (QED) is 0.797. The van der Waals surface area contributed by atoms with Gasteiger partial charge in [0.05, 0.1) is 31.1 Å². The van der Waals surface area contributed by atoms with Gasteiger partial charge in [-0.2, -0.15) is 5.11 Å². The van der Waals surface area contributed by atoms with Crippen LogP contribution < -0.4 is 4.74 Å². The van der Waals surface area contributed by atoms with Crippen molar-refractivity contribution in [3.63, 3.8) is 0 Å². The van der Waals surface area contributed by atoms with Crippen LogP contribution in [0.25, 0.3) is 5.69 Å². The van der Waals surface area contributed by atoms with Gasteiger partial charge in [0, 0.05) is 5.56 Å². The summed E-state index contributed by atoms with van der Waals surface area (Å²) in [5.74, 6) is 0.789. The Hall–Kier alpha value is -2.70. The van der Waals surface area contributed by atoms with Crippen molar-refractivity contribution in [3.8, 4) is 11.4 Å². The van der Waals surface area contributed by atoms with Gasteiger partial charge in [0.1, 0.15) is 23.8 Å². The van der Waals surface area contributed by atoms with Crippen LogP contribution in [0.15, 0.2) is 34.9 Å². The van der Waals surface area contributed by atoms with E-state index in [1.54, 1.807) is 13.4 Å². The van der Waals surface area contributed by atoms with Gasteiger partial charge in [-0.25, -0.2) is 4.98 Å². The molecular weight excluding hydrogens is 282 g/mol. The Morgan fingerprint density at radius 2 is 2.27 bits per heavy atom. The van der Waals surface area contributed by atoms with Gasteiger partial charge >= 0.3 is 0 Å². The van der Waals surface area contributed by atoms with Crippen LogP contribution in [0, 0.1) is 0 Å². The lowest BCUT2D eigenvalue weighted by atomic mass is 9.99. The molecule has 3 heterocycles. The molecule has 2 aliphatic rings. The number of methoxy groups -OCH3 is 1. The maximum absolute atomic E-state index is 11.3. The highest BCUT2D eigenvalue weighted by Gasteiger charge is 2.37. The molecule has 0 spiro atoms. The van der Waals surface area contributed by atoms with E-state index in [0.29, 0.717) is 12.2 Å². The maximum Gasteiger partial charge on any atom is 0.170 e. The number of benzene rings is 1. The molecule has 0 saturated heterocycles. The van der Waals surface area contributed by atoms with Crippen LogP contribution in [0.2, 0.25) is 0 Å². The first-order valence-electron chi connectivity index (χ1n) is 7.10. The maximum atomic E-state index is 11.3. The van der Waals surface area contributed by atoms with Crippen LogP contribution in [0.4, 0.5) is 0 Å². The fourth-order valence-corrected chi connectivity index (χ4v) is 3.19. The van der Waals surface area contributed by atoms with Crippen molar-refractivity contribution in [2.75, 3.05) is 7.11 Å². The summed E-state index contributed by atoms with van der Waals surface area (Å²) >= 11 is 0. The summed E-state index contributed by atoms with van der Waals surface area (Å²) in [6, 6.07) is 5.98. The van der Waals surface area contributed by atoms with Gasteiger partial charge < -0.3 is 9.30 Å². The van der Waals surface area contributed by atoms with Crippen LogP contribution in [-0.4, -0.2) is 34.0 Å². The third-order valence-electron chi connectivity index (χ3n) is 4.26. The van der Waals surface area contributed by atoms with Crippen LogP contribution in [0.1, 0.15) is 34.7 Å². The molecule has 0 amide bonds. The molecule has 22 heavy (non-hydrogen) atoms. The number of hydrogen-bond acceptors (Lipinski definition) is 6. The van der Waals surface area contributed by atoms with E-state index in [2.05, 4.69) is 15.3 Å². The molecule has 0 saturated carbocycles. The highest BCUT2D eigenvalue weighted by molar-refractivity contribution is 5.74. The third-order valence-corrected chi connectivity index (χ3v) is 4.26. The predicted octanol–water partition coefficient (Wildman–Crippen LogP) is 2.32. The highest BCUT2D eigenvalue weighted by Crippen LogP contribution is 2.41. The van der Waals surface area contributed by atoms with Gasteiger partial charge in [-0.05, 0) is 25.1 Å². The zero-order valence-electron chi connectivity index (χ0n) is 12.3. The molecule has 1 aromatic carbocycles.